The molecule has 0 radical (unpaired) electrons. The minimum absolute atomic E-state index is 0.334. The third kappa shape index (κ3) is 3.80. The zero-order valence-electron chi connectivity index (χ0n) is 10.4. The molecule has 94 valence electrons. The number of hydrogen-bond donors (Lipinski definition) is 2. The highest BCUT2D eigenvalue weighted by Crippen LogP contribution is 2.14. The average Bonchev–Trinajstić information content (AvgIpc) is 2.83. The molecule has 0 bridgehead atoms. The van der Waals surface area contributed by atoms with Crippen molar-refractivity contribution in [3.05, 3.63) is 35.4 Å². The molecule has 2 unspecified atom stereocenters. The smallest absolute Gasteiger partial charge is 0.0914 e. The van der Waals surface area contributed by atoms with Gasteiger partial charge in [0.05, 0.1) is 12.2 Å². The topological polar surface area (TPSA) is 41.5 Å². The molecule has 0 aromatic heterocycles. The van der Waals surface area contributed by atoms with Crippen molar-refractivity contribution < 1.29 is 9.84 Å². The average molecular weight is 235 g/mol. The molecule has 3 nitrogen and oxygen atoms in total. The molecule has 1 saturated heterocycles. The van der Waals surface area contributed by atoms with E-state index in [0.29, 0.717) is 12.6 Å². The molecule has 2 N–H and O–H groups in total. The number of benzene rings is 1. The molecule has 0 aliphatic carbocycles. The van der Waals surface area contributed by atoms with Crippen LogP contribution in [0.1, 0.15) is 30.1 Å². The predicted octanol–water partition coefficient (Wildman–Crippen LogP) is 1.80. The van der Waals surface area contributed by atoms with Gasteiger partial charge in [-0.25, -0.2) is 0 Å². The van der Waals surface area contributed by atoms with E-state index in [1.54, 1.807) is 0 Å². The Morgan fingerprint density at radius 2 is 2.18 bits per heavy atom. The minimum Gasteiger partial charge on any atom is -0.387 e. The van der Waals surface area contributed by atoms with Gasteiger partial charge in [-0.2, -0.15) is 0 Å². The molecule has 0 amide bonds. The van der Waals surface area contributed by atoms with Gasteiger partial charge in [-0.1, -0.05) is 29.8 Å². The van der Waals surface area contributed by atoms with Crippen LogP contribution in [0, 0.1) is 6.92 Å². The fourth-order valence-corrected chi connectivity index (χ4v) is 2.09. The van der Waals surface area contributed by atoms with Crippen molar-refractivity contribution in [3.63, 3.8) is 0 Å². The van der Waals surface area contributed by atoms with E-state index >= 15 is 0 Å². The quantitative estimate of drug-likeness (QED) is 0.817. The Morgan fingerprint density at radius 3 is 2.82 bits per heavy atom. The molecule has 2 atom stereocenters. The van der Waals surface area contributed by atoms with Crippen LogP contribution in [-0.2, 0) is 4.74 Å². The number of rotatable bonds is 5. The van der Waals surface area contributed by atoms with E-state index in [1.165, 1.54) is 5.56 Å². The Labute approximate surface area is 103 Å². The van der Waals surface area contributed by atoms with Crippen LogP contribution in [0.15, 0.2) is 24.3 Å². The summed E-state index contributed by atoms with van der Waals surface area (Å²) in [6.07, 6.45) is 2.19. The summed E-state index contributed by atoms with van der Waals surface area (Å²) < 4.78 is 5.51. The fraction of sp³-hybridized carbons (Fsp3) is 0.571. The van der Waals surface area contributed by atoms with Crippen LogP contribution in [0.3, 0.4) is 0 Å². The first-order chi connectivity index (χ1) is 8.25. The molecular weight excluding hydrogens is 214 g/mol. The van der Waals surface area contributed by atoms with Crippen LogP contribution in [0.2, 0.25) is 0 Å². The normalized spacial score (nSPS) is 21.6. The van der Waals surface area contributed by atoms with Gasteiger partial charge in [0.15, 0.2) is 0 Å². The molecule has 1 heterocycles. The summed E-state index contributed by atoms with van der Waals surface area (Å²) in [6, 6.07) is 8.01. The molecular formula is C14H21NO2. The Bertz CT molecular complexity index is 331. The number of aliphatic hydroxyl groups excluding tert-OH is 1. The zero-order chi connectivity index (χ0) is 12.1. The molecule has 1 aliphatic heterocycles. The van der Waals surface area contributed by atoms with E-state index in [0.717, 1.165) is 31.6 Å². The number of ether oxygens (including phenoxy) is 1. The van der Waals surface area contributed by atoms with E-state index < -0.39 is 6.10 Å². The number of nitrogens with one attached hydrogen (secondary N) is 1. The van der Waals surface area contributed by atoms with Gasteiger partial charge in [-0.15, -0.1) is 0 Å². The summed E-state index contributed by atoms with van der Waals surface area (Å²) in [5.74, 6) is 0. The first-order valence-corrected chi connectivity index (χ1v) is 6.32. The lowest BCUT2D eigenvalue weighted by atomic mass is 10.1. The second kappa shape index (κ2) is 6.15. The minimum atomic E-state index is -0.433. The van der Waals surface area contributed by atoms with E-state index in [1.807, 2.05) is 31.2 Å². The molecule has 2 rings (SSSR count). The number of aryl methyl sites for hydroxylation is 1. The van der Waals surface area contributed by atoms with Crippen molar-refractivity contribution in [2.75, 3.05) is 19.7 Å². The van der Waals surface area contributed by atoms with Gasteiger partial charge in [-0.05, 0) is 25.3 Å². The van der Waals surface area contributed by atoms with E-state index in [4.69, 9.17) is 4.74 Å². The van der Waals surface area contributed by atoms with Crippen molar-refractivity contribution in [2.24, 2.45) is 0 Å². The fourth-order valence-electron chi connectivity index (χ4n) is 2.09. The predicted molar refractivity (Wildman–Crippen MR) is 68.0 cm³/mol. The molecule has 1 fully saturated rings. The Kier molecular flexibility index (Phi) is 4.54. The van der Waals surface area contributed by atoms with E-state index in [9.17, 15) is 5.11 Å². The largest absolute Gasteiger partial charge is 0.387 e. The second-order valence-corrected chi connectivity index (χ2v) is 4.72. The Hall–Kier alpha value is -0.900. The van der Waals surface area contributed by atoms with Crippen LogP contribution in [0.5, 0.6) is 0 Å². The lowest BCUT2D eigenvalue weighted by Crippen LogP contribution is -2.29. The van der Waals surface area contributed by atoms with Gasteiger partial charge in [-0.3, -0.25) is 0 Å². The lowest BCUT2D eigenvalue weighted by Gasteiger charge is -2.15. The standard InChI is InChI=1S/C14H21NO2/c1-11-4-6-12(7-5-11)14(16)10-15-9-13-3-2-8-17-13/h4-7,13-16H,2-3,8-10H2,1H3. The number of hydrogen-bond acceptors (Lipinski definition) is 3. The molecule has 0 spiro atoms. The van der Waals surface area contributed by atoms with Gasteiger partial charge < -0.3 is 15.2 Å². The third-order valence-corrected chi connectivity index (χ3v) is 3.20. The van der Waals surface area contributed by atoms with Crippen molar-refractivity contribution in [1.82, 2.24) is 5.32 Å². The molecule has 17 heavy (non-hydrogen) atoms. The Balaban J connectivity index is 1.72. The maximum absolute atomic E-state index is 9.98. The number of aliphatic hydroxyl groups is 1. The Morgan fingerprint density at radius 1 is 1.41 bits per heavy atom. The summed E-state index contributed by atoms with van der Waals surface area (Å²) in [6.45, 7) is 4.35. The van der Waals surface area contributed by atoms with Crippen LogP contribution in [-0.4, -0.2) is 30.9 Å². The van der Waals surface area contributed by atoms with Crippen LogP contribution >= 0.6 is 0 Å². The van der Waals surface area contributed by atoms with Crippen LogP contribution in [0.4, 0.5) is 0 Å². The summed E-state index contributed by atoms with van der Waals surface area (Å²) in [7, 11) is 0. The molecule has 0 saturated carbocycles. The highest BCUT2D eigenvalue weighted by Gasteiger charge is 2.15. The van der Waals surface area contributed by atoms with E-state index in [2.05, 4.69) is 5.32 Å². The zero-order valence-corrected chi connectivity index (χ0v) is 10.4. The third-order valence-electron chi connectivity index (χ3n) is 3.20. The summed E-state index contributed by atoms with van der Waals surface area (Å²) in [5.41, 5.74) is 2.18. The van der Waals surface area contributed by atoms with Crippen molar-refractivity contribution >= 4 is 0 Å². The molecule has 1 aliphatic rings. The van der Waals surface area contributed by atoms with Gasteiger partial charge in [0, 0.05) is 19.7 Å². The van der Waals surface area contributed by atoms with Gasteiger partial charge in [0.25, 0.3) is 0 Å². The van der Waals surface area contributed by atoms with Gasteiger partial charge in [0.1, 0.15) is 0 Å². The van der Waals surface area contributed by atoms with Gasteiger partial charge in [0.2, 0.25) is 0 Å². The maximum Gasteiger partial charge on any atom is 0.0914 e. The summed E-state index contributed by atoms with van der Waals surface area (Å²) >= 11 is 0. The lowest BCUT2D eigenvalue weighted by molar-refractivity contribution is 0.103. The molecule has 3 heteroatoms. The maximum atomic E-state index is 9.98. The highest BCUT2D eigenvalue weighted by molar-refractivity contribution is 5.23. The van der Waals surface area contributed by atoms with Crippen molar-refractivity contribution in [1.29, 1.82) is 0 Å². The van der Waals surface area contributed by atoms with Crippen molar-refractivity contribution in [2.45, 2.75) is 32.0 Å². The molecule has 1 aromatic carbocycles. The summed E-state index contributed by atoms with van der Waals surface area (Å²) in [4.78, 5) is 0. The van der Waals surface area contributed by atoms with Crippen molar-refractivity contribution in [3.8, 4) is 0 Å². The first-order valence-electron chi connectivity index (χ1n) is 6.32. The second-order valence-electron chi connectivity index (χ2n) is 4.72. The van der Waals surface area contributed by atoms with Gasteiger partial charge >= 0.3 is 0 Å². The molecule has 1 aromatic rings. The monoisotopic (exact) mass is 235 g/mol. The first kappa shape index (κ1) is 12.6. The van der Waals surface area contributed by atoms with Crippen LogP contribution < -0.4 is 5.32 Å². The van der Waals surface area contributed by atoms with E-state index in [-0.39, 0.29) is 0 Å². The SMILES string of the molecule is Cc1ccc(C(O)CNCC2CCCO2)cc1. The highest BCUT2D eigenvalue weighted by atomic mass is 16.5. The van der Waals surface area contributed by atoms with Crippen LogP contribution in [0.25, 0.3) is 0 Å². The summed E-state index contributed by atoms with van der Waals surface area (Å²) in [5, 5.41) is 13.2.